The Morgan fingerprint density at radius 1 is 1.28 bits per heavy atom. The van der Waals surface area contributed by atoms with Crippen molar-refractivity contribution in [1.29, 1.82) is 0 Å². The van der Waals surface area contributed by atoms with Gasteiger partial charge in [0.15, 0.2) is 0 Å². The highest BCUT2D eigenvalue weighted by Gasteiger charge is 2.36. The molecule has 2 N–H and O–H groups in total. The molecule has 0 unspecified atom stereocenters. The second-order valence-corrected chi connectivity index (χ2v) is 6.10. The van der Waals surface area contributed by atoms with Crippen molar-refractivity contribution < 1.29 is 9.50 Å². The van der Waals surface area contributed by atoms with E-state index in [9.17, 15) is 9.50 Å². The minimum absolute atomic E-state index is 0.334. The largest absolute Gasteiger partial charge is 0.388 e. The summed E-state index contributed by atoms with van der Waals surface area (Å²) in [5, 5.41) is 13.5. The van der Waals surface area contributed by atoms with Crippen LogP contribution in [0.3, 0.4) is 0 Å². The minimum Gasteiger partial charge on any atom is -0.388 e. The van der Waals surface area contributed by atoms with E-state index in [4.69, 9.17) is 0 Å². The van der Waals surface area contributed by atoms with Crippen LogP contribution in [0.1, 0.15) is 39.5 Å². The molecule has 0 radical (unpaired) electrons. The molecule has 0 amide bonds. The highest BCUT2D eigenvalue weighted by molar-refractivity contribution is 5.34. The first kappa shape index (κ1) is 13.3. The average Bonchev–Trinajstić information content (AvgIpc) is 2.33. The number of hydrogen-bond donors (Lipinski definition) is 2. The van der Waals surface area contributed by atoms with Gasteiger partial charge in [-0.1, -0.05) is 13.8 Å². The van der Waals surface area contributed by atoms with Gasteiger partial charge in [0.2, 0.25) is 0 Å². The molecule has 3 nitrogen and oxygen atoms in total. The van der Waals surface area contributed by atoms with Crippen LogP contribution in [0, 0.1) is 11.2 Å². The van der Waals surface area contributed by atoms with Crippen molar-refractivity contribution in [2.75, 3.05) is 11.9 Å². The molecule has 1 saturated carbocycles. The van der Waals surface area contributed by atoms with Crippen LogP contribution >= 0.6 is 0 Å². The van der Waals surface area contributed by atoms with E-state index < -0.39 is 5.60 Å². The minimum atomic E-state index is -0.661. The summed E-state index contributed by atoms with van der Waals surface area (Å²) in [6.45, 7) is 4.95. The van der Waals surface area contributed by atoms with E-state index in [1.54, 1.807) is 6.07 Å². The number of anilines is 1. The Morgan fingerprint density at radius 3 is 2.50 bits per heavy atom. The Balaban J connectivity index is 1.88. The van der Waals surface area contributed by atoms with Crippen molar-refractivity contribution in [2.24, 2.45) is 5.41 Å². The summed E-state index contributed by atoms with van der Waals surface area (Å²) >= 11 is 0. The lowest BCUT2D eigenvalue weighted by Gasteiger charge is -2.40. The fourth-order valence-electron chi connectivity index (χ4n) is 2.30. The summed E-state index contributed by atoms with van der Waals surface area (Å²) in [4.78, 5) is 3.93. The molecule has 1 aliphatic carbocycles. The van der Waals surface area contributed by atoms with Gasteiger partial charge in [0.1, 0.15) is 11.6 Å². The SMILES string of the molecule is CC1(C)CCC(O)(CNc2ccc(F)cn2)CC1. The van der Waals surface area contributed by atoms with E-state index in [-0.39, 0.29) is 5.82 Å². The molecule has 1 aromatic rings. The fourth-order valence-corrected chi connectivity index (χ4v) is 2.30. The molecule has 0 atom stereocenters. The van der Waals surface area contributed by atoms with Crippen LogP contribution in [0.15, 0.2) is 18.3 Å². The lowest BCUT2D eigenvalue weighted by molar-refractivity contribution is -0.0145. The predicted molar refractivity (Wildman–Crippen MR) is 69.9 cm³/mol. The lowest BCUT2D eigenvalue weighted by atomic mass is 9.71. The highest BCUT2D eigenvalue weighted by atomic mass is 19.1. The van der Waals surface area contributed by atoms with Gasteiger partial charge in [-0.15, -0.1) is 0 Å². The van der Waals surface area contributed by atoms with Gasteiger partial charge >= 0.3 is 0 Å². The molecule has 0 aliphatic heterocycles. The third-order valence-electron chi connectivity index (χ3n) is 3.86. The third kappa shape index (κ3) is 3.42. The van der Waals surface area contributed by atoms with Crippen LogP contribution in [0.5, 0.6) is 0 Å². The number of aromatic nitrogens is 1. The van der Waals surface area contributed by atoms with Crippen LogP contribution in [-0.2, 0) is 0 Å². The van der Waals surface area contributed by atoms with E-state index in [2.05, 4.69) is 24.1 Å². The van der Waals surface area contributed by atoms with Gasteiger partial charge in [-0.25, -0.2) is 9.37 Å². The number of hydrogen-bond acceptors (Lipinski definition) is 3. The fraction of sp³-hybridized carbons (Fsp3) is 0.643. The van der Waals surface area contributed by atoms with Gasteiger partial charge < -0.3 is 10.4 Å². The summed E-state index contributed by atoms with van der Waals surface area (Å²) in [5.41, 5.74) is -0.327. The molecular formula is C14H21FN2O. The average molecular weight is 252 g/mol. The predicted octanol–water partition coefficient (Wildman–Crippen LogP) is 2.96. The van der Waals surface area contributed by atoms with Crippen molar-refractivity contribution in [3.05, 3.63) is 24.1 Å². The molecule has 0 bridgehead atoms. The Hall–Kier alpha value is -1.16. The van der Waals surface area contributed by atoms with Crippen molar-refractivity contribution in [2.45, 2.75) is 45.1 Å². The molecule has 100 valence electrons. The van der Waals surface area contributed by atoms with Crippen molar-refractivity contribution >= 4 is 5.82 Å². The summed E-state index contributed by atoms with van der Waals surface area (Å²) < 4.78 is 12.7. The quantitative estimate of drug-likeness (QED) is 0.869. The molecule has 0 spiro atoms. The molecule has 2 rings (SSSR count). The first-order valence-electron chi connectivity index (χ1n) is 6.47. The van der Waals surface area contributed by atoms with Gasteiger partial charge in [0, 0.05) is 6.54 Å². The van der Waals surface area contributed by atoms with Crippen LogP contribution in [0.2, 0.25) is 0 Å². The molecule has 0 aromatic carbocycles. The number of nitrogens with one attached hydrogen (secondary N) is 1. The maximum atomic E-state index is 12.7. The van der Waals surface area contributed by atoms with Gasteiger partial charge in [-0.3, -0.25) is 0 Å². The van der Waals surface area contributed by atoms with Crippen molar-refractivity contribution in [3.63, 3.8) is 0 Å². The Labute approximate surface area is 107 Å². The van der Waals surface area contributed by atoms with Crippen LogP contribution in [0.4, 0.5) is 10.2 Å². The maximum absolute atomic E-state index is 12.7. The van der Waals surface area contributed by atoms with Gasteiger partial charge in [-0.05, 0) is 43.2 Å². The summed E-state index contributed by atoms with van der Waals surface area (Å²) in [6.07, 6.45) is 4.84. The summed E-state index contributed by atoms with van der Waals surface area (Å²) in [5.74, 6) is 0.258. The van der Waals surface area contributed by atoms with Gasteiger partial charge in [0.05, 0.1) is 11.8 Å². The number of pyridine rings is 1. The maximum Gasteiger partial charge on any atom is 0.141 e. The Morgan fingerprint density at radius 2 is 1.94 bits per heavy atom. The van der Waals surface area contributed by atoms with E-state index in [0.717, 1.165) is 25.7 Å². The van der Waals surface area contributed by atoms with Crippen molar-refractivity contribution in [3.8, 4) is 0 Å². The molecule has 1 aliphatic rings. The molecule has 1 fully saturated rings. The molecule has 1 aromatic heterocycles. The number of aliphatic hydroxyl groups is 1. The third-order valence-corrected chi connectivity index (χ3v) is 3.86. The zero-order valence-electron chi connectivity index (χ0n) is 11.0. The summed E-state index contributed by atoms with van der Waals surface area (Å²) in [7, 11) is 0. The van der Waals surface area contributed by atoms with Crippen molar-refractivity contribution in [1.82, 2.24) is 4.98 Å². The zero-order valence-corrected chi connectivity index (χ0v) is 11.0. The molecule has 0 saturated heterocycles. The number of halogens is 1. The number of rotatable bonds is 3. The monoisotopic (exact) mass is 252 g/mol. The van der Waals surface area contributed by atoms with Crippen LogP contribution < -0.4 is 5.32 Å². The first-order chi connectivity index (χ1) is 8.39. The van der Waals surface area contributed by atoms with Gasteiger partial charge in [-0.2, -0.15) is 0 Å². The Kier molecular flexibility index (Phi) is 3.57. The van der Waals surface area contributed by atoms with Crippen LogP contribution in [0.25, 0.3) is 0 Å². The van der Waals surface area contributed by atoms with Gasteiger partial charge in [0.25, 0.3) is 0 Å². The number of nitrogens with zero attached hydrogens (tertiary/aromatic N) is 1. The Bertz CT molecular complexity index is 393. The van der Waals surface area contributed by atoms with E-state index in [0.29, 0.717) is 17.8 Å². The molecule has 18 heavy (non-hydrogen) atoms. The second-order valence-electron chi connectivity index (χ2n) is 6.10. The lowest BCUT2D eigenvalue weighted by Crippen LogP contribution is -2.42. The normalized spacial score (nSPS) is 21.6. The highest BCUT2D eigenvalue weighted by Crippen LogP contribution is 2.40. The standard InChI is InChI=1S/C14H21FN2O/c1-13(2)5-7-14(18,8-6-13)10-17-12-4-3-11(15)9-16-12/h3-4,9,18H,5-8,10H2,1-2H3,(H,16,17). The van der Waals surface area contributed by atoms with E-state index in [1.165, 1.54) is 12.3 Å². The smallest absolute Gasteiger partial charge is 0.141 e. The first-order valence-corrected chi connectivity index (χ1v) is 6.47. The van der Waals surface area contributed by atoms with E-state index in [1.807, 2.05) is 0 Å². The molecule has 4 heteroatoms. The zero-order chi connectivity index (χ0) is 13.2. The molecular weight excluding hydrogens is 231 g/mol. The van der Waals surface area contributed by atoms with Crippen LogP contribution in [-0.4, -0.2) is 22.2 Å². The molecule has 1 heterocycles. The topological polar surface area (TPSA) is 45.1 Å². The second kappa shape index (κ2) is 4.84. The van der Waals surface area contributed by atoms with E-state index >= 15 is 0 Å². The summed E-state index contributed by atoms with van der Waals surface area (Å²) in [6, 6.07) is 2.95.